The van der Waals surface area contributed by atoms with Crippen molar-refractivity contribution in [2.45, 2.75) is 26.3 Å². The van der Waals surface area contributed by atoms with E-state index in [1.807, 2.05) is 4.57 Å². The minimum absolute atomic E-state index is 0.326. The number of nitrogens with zero attached hydrogens (tertiary/aromatic N) is 4. The molecule has 0 atom stereocenters. The summed E-state index contributed by atoms with van der Waals surface area (Å²) in [7, 11) is 6.23. The standard InChI is InChI=1S/C11H23N5S/c1-9(2)16-10(12-13-11(16)17)15(5)8-6-7-14(3)4/h9H,6-8H2,1-5H3,(H,13,17). The number of nitrogens with one attached hydrogen (secondary N) is 1. The molecule has 0 radical (unpaired) electrons. The first-order valence-corrected chi connectivity index (χ1v) is 6.37. The summed E-state index contributed by atoms with van der Waals surface area (Å²) in [5, 5.41) is 7.16. The number of anilines is 1. The van der Waals surface area contributed by atoms with E-state index in [0.717, 1.165) is 25.5 Å². The molecule has 98 valence electrons. The van der Waals surface area contributed by atoms with Crippen LogP contribution in [-0.4, -0.2) is 53.9 Å². The Morgan fingerprint density at radius 1 is 1.29 bits per heavy atom. The van der Waals surface area contributed by atoms with Gasteiger partial charge in [0.1, 0.15) is 0 Å². The highest BCUT2D eigenvalue weighted by molar-refractivity contribution is 7.71. The maximum atomic E-state index is 5.23. The van der Waals surface area contributed by atoms with Gasteiger partial charge >= 0.3 is 0 Å². The molecular weight excluding hydrogens is 234 g/mol. The van der Waals surface area contributed by atoms with Crippen molar-refractivity contribution in [3.63, 3.8) is 0 Å². The lowest BCUT2D eigenvalue weighted by atomic mass is 10.3. The van der Waals surface area contributed by atoms with Crippen LogP contribution in [0.2, 0.25) is 0 Å². The molecule has 0 aliphatic rings. The Hall–Kier alpha value is -0.880. The molecule has 0 fully saturated rings. The van der Waals surface area contributed by atoms with E-state index in [4.69, 9.17) is 12.2 Å². The van der Waals surface area contributed by atoms with Crippen LogP contribution in [0, 0.1) is 4.77 Å². The van der Waals surface area contributed by atoms with Gasteiger partial charge in [-0.3, -0.25) is 4.57 Å². The van der Waals surface area contributed by atoms with Crippen molar-refractivity contribution >= 4 is 18.2 Å². The van der Waals surface area contributed by atoms with E-state index in [1.54, 1.807) is 0 Å². The van der Waals surface area contributed by atoms with Gasteiger partial charge in [0, 0.05) is 19.6 Å². The monoisotopic (exact) mass is 257 g/mol. The highest BCUT2D eigenvalue weighted by Crippen LogP contribution is 2.16. The Kier molecular flexibility index (Phi) is 5.14. The molecule has 6 heteroatoms. The summed E-state index contributed by atoms with van der Waals surface area (Å²) in [4.78, 5) is 4.34. The molecular formula is C11H23N5S. The van der Waals surface area contributed by atoms with Crippen molar-refractivity contribution in [3.05, 3.63) is 4.77 Å². The summed E-state index contributed by atoms with van der Waals surface area (Å²) in [6.45, 7) is 6.28. The van der Waals surface area contributed by atoms with Crippen LogP contribution in [-0.2, 0) is 0 Å². The molecule has 0 unspecified atom stereocenters. The molecule has 0 bridgehead atoms. The Labute approximate surface area is 108 Å². The topological polar surface area (TPSA) is 40.1 Å². The third-order valence-corrected chi connectivity index (χ3v) is 2.93. The van der Waals surface area contributed by atoms with Crippen LogP contribution in [0.1, 0.15) is 26.3 Å². The second kappa shape index (κ2) is 6.16. The molecule has 0 aromatic carbocycles. The fourth-order valence-electron chi connectivity index (χ4n) is 1.76. The maximum Gasteiger partial charge on any atom is 0.225 e. The third kappa shape index (κ3) is 3.81. The van der Waals surface area contributed by atoms with E-state index in [0.29, 0.717) is 10.8 Å². The van der Waals surface area contributed by atoms with Crippen molar-refractivity contribution in [1.82, 2.24) is 19.7 Å². The third-order valence-electron chi connectivity index (χ3n) is 2.64. The van der Waals surface area contributed by atoms with Crippen molar-refractivity contribution in [2.75, 3.05) is 39.1 Å². The van der Waals surface area contributed by atoms with Gasteiger partial charge in [-0.15, -0.1) is 5.10 Å². The lowest BCUT2D eigenvalue weighted by molar-refractivity contribution is 0.401. The van der Waals surface area contributed by atoms with Gasteiger partial charge < -0.3 is 9.80 Å². The number of aromatic amines is 1. The van der Waals surface area contributed by atoms with Crippen molar-refractivity contribution in [3.8, 4) is 0 Å². The molecule has 0 amide bonds. The molecule has 5 nitrogen and oxygen atoms in total. The van der Waals surface area contributed by atoms with E-state index in [2.05, 4.69) is 55.0 Å². The van der Waals surface area contributed by atoms with Gasteiger partial charge in [0.05, 0.1) is 0 Å². The summed E-state index contributed by atoms with van der Waals surface area (Å²) in [6, 6.07) is 0.326. The molecule has 1 rings (SSSR count). The highest BCUT2D eigenvalue weighted by atomic mass is 32.1. The van der Waals surface area contributed by atoms with Gasteiger partial charge in [0.15, 0.2) is 4.77 Å². The summed E-state index contributed by atoms with van der Waals surface area (Å²) < 4.78 is 2.74. The predicted octanol–water partition coefficient (Wildman–Crippen LogP) is 1.91. The van der Waals surface area contributed by atoms with Gasteiger partial charge in [-0.2, -0.15) is 0 Å². The molecule has 0 saturated heterocycles. The minimum Gasteiger partial charge on any atom is -0.344 e. The van der Waals surface area contributed by atoms with E-state index >= 15 is 0 Å². The van der Waals surface area contributed by atoms with Crippen LogP contribution in [0.25, 0.3) is 0 Å². The zero-order chi connectivity index (χ0) is 13.0. The fourth-order valence-corrected chi connectivity index (χ4v) is 2.09. The number of rotatable bonds is 6. The van der Waals surface area contributed by atoms with Crippen molar-refractivity contribution < 1.29 is 0 Å². The zero-order valence-electron chi connectivity index (χ0n) is 11.4. The largest absolute Gasteiger partial charge is 0.344 e. The first-order chi connectivity index (χ1) is 7.93. The first-order valence-electron chi connectivity index (χ1n) is 5.96. The van der Waals surface area contributed by atoms with Gasteiger partial charge in [-0.1, -0.05) is 0 Å². The Balaban J connectivity index is 2.69. The van der Waals surface area contributed by atoms with E-state index in [-0.39, 0.29) is 0 Å². The first kappa shape index (κ1) is 14.2. The van der Waals surface area contributed by atoms with Crippen molar-refractivity contribution in [1.29, 1.82) is 0 Å². The quantitative estimate of drug-likeness (QED) is 0.790. The van der Waals surface area contributed by atoms with Crippen LogP contribution >= 0.6 is 12.2 Å². The average Bonchev–Trinajstić information content (AvgIpc) is 2.59. The highest BCUT2D eigenvalue weighted by Gasteiger charge is 2.12. The van der Waals surface area contributed by atoms with Gasteiger partial charge in [0.25, 0.3) is 0 Å². The minimum atomic E-state index is 0.326. The summed E-state index contributed by atoms with van der Waals surface area (Å²) in [5.41, 5.74) is 0. The van der Waals surface area contributed by atoms with Gasteiger partial charge in [-0.05, 0) is 53.1 Å². The normalized spacial score (nSPS) is 11.5. The summed E-state index contributed by atoms with van der Waals surface area (Å²) >= 11 is 5.23. The number of aromatic nitrogens is 3. The summed E-state index contributed by atoms with van der Waals surface area (Å²) in [5.74, 6) is 0.920. The smallest absolute Gasteiger partial charge is 0.225 e. The molecule has 1 N–H and O–H groups in total. The SMILES string of the molecule is CC(C)n1c(N(C)CCCN(C)C)n[nH]c1=S. The molecule has 0 spiro atoms. The van der Waals surface area contributed by atoms with Crippen LogP contribution in [0.4, 0.5) is 5.95 Å². The molecule has 17 heavy (non-hydrogen) atoms. The van der Waals surface area contributed by atoms with E-state index in [9.17, 15) is 0 Å². The molecule has 1 heterocycles. The van der Waals surface area contributed by atoms with Gasteiger partial charge in [0.2, 0.25) is 5.95 Å². The van der Waals surface area contributed by atoms with E-state index in [1.165, 1.54) is 0 Å². The molecule has 0 aliphatic carbocycles. The Morgan fingerprint density at radius 2 is 1.94 bits per heavy atom. The number of hydrogen-bond donors (Lipinski definition) is 1. The molecule has 0 aliphatic heterocycles. The summed E-state index contributed by atoms with van der Waals surface area (Å²) in [6.07, 6.45) is 1.11. The Bertz CT molecular complexity index is 393. The van der Waals surface area contributed by atoms with Crippen LogP contribution < -0.4 is 4.90 Å². The molecule has 1 aromatic heterocycles. The van der Waals surface area contributed by atoms with Crippen LogP contribution in [0.3, 0.4) is 0 Å². The Morgan fingerprint density at radius 3 is 2.47 bits per heavy atom. The molecule has 0 saturated carbocycles. The lowest BCUT2D eigenvalue weighted by Crippen LogP contribution is -2.26. The van der Waals surface area contributed by atoms with Gasteiger partial charge in [-0.25, -0.2) is 5.10 Å². The maximum absolute atomic E-state index is 5.23. The van der Waals surface area contributed by atoms with Crippen LogP contribution in [0.15, 0.2) is 0 Å². The number of H-pyrrole nitrogens is 1. The second-order valence-electron chi connectivity index (χ2n) is 4.87. The predicted molar refractivity (Wildman–Crippen MR) is 74.2 cm³/mol. The molecule has 1 aromatic rings. The van der Waals surface area contributed by atoms with E-state index < -0.39 is 0 Å². The lowest BCUT2D eigenvalue weighted by Gasteiger charge is -2.21. The fraction of sp³-hybridized carbons (Fsp3) is 0.818. The zero-order valence-corrected chi connectivity index (χ0v) is 12.2. The second-order valence-corrected chi connectivity index (χ2v) is 5.26. The van der Waals surface area contributed by atoms with Crippen molar-refractivity contribution in [2.24, 2.45) is 0 Å². The van der Waals surface area contributed by atoms with Crippen LogP contribution in [0.5, 0.6) is 0 Å². The average molecular weight is 257 g/mol. The number of hydrogen-bond acceptors (Lipinski definition) is 4.